The van der Waals surface area contributed by atoms with Gasteiger partial charge in [0.05, 0.1) is 5.56 Å². The molecule has 1 unspecified atom stereocenters. The zero-order valence-electron chi connectivity index (χ0n) is 16.3. The van der Waals surface area contributed by atoms with Gasteiger partial charge in [0, 0.05) is 30.3 Å². The van der Waals surface area contributed by atoms with Crippen LogP contribution in [-0.4, -0.2) is 32.0 Å². The van der Waals surface area contributed by atoms with Gasteiger partial charge in [0.2, 0.25) is 11.7 Å². The molecule has 0 saturated heterocycles. The fourth-order valence-corrected chi connectivity index (χ4v) is 3.99. The number of nitrogens with zero attached hydrogens (tertiary/aromatic N) is 3. The van der Waals surface area contributed by atoms with E-state index in [2.05, 4.69) is 15.1 Å². The molecule has 0 spiro atoms. The van der Waals surface area contributed by atoms with E-state index < -0.39 is 5.97 Å². The molecule has 0 amide bonds. The molecule has 0 aromatic carbocycles. The monoisotopic (exact) mass is 385 g/mol. The molecule has 2 aromatic heterocycles. The summed E-state index contributed by atoms with van der Waals surface area (Å²) >= 11 is 0. The van der Waals surface area contributed by atoms with Crippen molar-refractivity contribution in [1.29, 1.82) is 0 Å². The van der Waals surface area contributed by atoms with E-state index >= 15 is 0 Å². The Balaban J connectivity index is 1.68. The van der Waals surface area contributed by atoms with Gasteiger partial charge in [-0.1, -0.05) is 50.1 Å². The van der Waals surface area contributed by atoms with Crippen LogP contribution in [-0.2, 0) is 4.79 Å². The predicted molar refractivity (Wildman–Crippen MR) is 103 cm³/mol. The van der Waals surface area contributed by atoms with Gasteiger partial charge >= 0.3 is 5.97 Å². The largest absolute Gasteiger partial charge is 0.478 e. The Bertz CT molecular complexity index is 811. The number of carboxylic acids is 1. The van der Waals surface area contributed by atoms with Crippen molar-refractivity contribution < 1.29 is 19.2 Å². The third-order valence-corrected chi connectivity index (χ3v) is 5.46. The highest BCUT2D eigenvalue weighted by atomic mass is 16.5. The summed E-state index contributed by atoms with van der Waals surface area (Å²) in [5.41, 5.74) is 0.551. The topological polar surface area (TPSA) is 106 Å². The number of hydrogen-bond donors (Lipinski definition) is 1. The normalized spacial score (nSPS) is 16.0. The van der Waals surface area contributed by atoms with Crippen molar-refractivity contribution in [3.05, 3.63) is 29.9 Å². The molecular formula is C21H27N3O4. The third-order valence-electron chi connectivity index (χ3n) is 5.46. The summed E-state index contributed by atoms with van der Waals surface area (Å²) in [5.74, 6) is 0.473. The number of carbonyl (C=O) groups excluding carboxylic acids is 1. The van der Waals surface area contributed by atoms with Crippen molar-refractivity contribution in [2.24, 2.45) is 5.92 Å². The number of carbonyl (C=O) groups is 2. The Labute approximate surface area is 164 Å². The van der Waals surface area contributed by atoms with Gasteiger partial charge in [-0.05, 0) is 25.3 Å². The lowest BCUT2D eigenvalue weighted by Crippen LogP contribution is -2.09. The van der Waals surface area contributed by atoms with Gasteiger partial charge in [-0.15, -0.1) is 0 Å². The van der Waals surface area contributed by atoms with Crippen LogP contribution >= 0.6 is 0 Å². The van der Waals surface area contributed by atoms with Gasteiger partial charge in [-0.3, -0.25) is 4.98 Å². The Morgan fingerprint density at radius 2 is 2.04 bits per heavy atom. The quantitative estimate of drug-likeness (QED) is 0.670. The minimum Gasteiger partial charge on any atom is -0.478 e. The third kappa shape index (κ3) is 5.47. The van der Waals surface area contributed by atoms with Crippen molar-refractivity contribution in [3.8, 4) is 11.4 Å². The van der Waals surface area contributed by atoms with Crippen LogP contribution in [0.25, 0.3) is 11.4 Å². The van der Waals surface area contributed by atoms with Crippen molar-refractivity contribution in [2.45, 2.75) is 70.6 Å². The van der Waals surface area contributed by atoms with Crippen molar-refractivity contribution in [3.63, 3.8) is 0 Å². The number of ketones is 1. The van der Waals surface area contributed by atoms with E-state index in [0.717, 1.165) is 18.8 Å². The summed E-state index contributed by atoms with van der Waals surface area (Å²) in [7, 11) is 0. The molecule has 1 aliphatic carbocycles. The first-order valence-corrected chi connectivity index (χ1v) is 10.0. The first-order chi connectivity index (χ1) is 13.5. The van der Waals surface area contributed by atoms with E-state index in [0.29, 0.717) is 23.7 Å². The smallest absolute Gasteiger partial charge is 0.337 e. The van der Waals surface area contributed by atoms with Crippen molar-refractivity contribution in [1.82, 2.24) is 15.1 Å². The molecule has 150 valence electrons. The number of aromatic nitrogens is 3. The number of Topliss-reactive ketones (excluding diaryl/α,β-unsaturated/α-hetero) is 1. The average molecular weight is 385 g/mol. The molecule has 1 fully saturated rings. The zero-order chi connectivity index (χ0) is 19.9. The molecule has 1 saturated carbocycles. The van der Waals surface area contributed by atoms with E-state index in [4.69, 9.17) is 9.63 Å². The van der Waals surface area contributed by atoms with E-state index in [1.54, 1.807) is 6.92 Å². The maximum absolute atomic E-state index is 11.7. The molecule has 0 radical (unpaired) electrons. The van der Waals surface area contributed by atoms with E-state index in [9.17, 15) is 9.59 Å². The van der Waals surface area contributed by atoms with Gasteiger partial charge in [0.25, 0.3) is 0 Å². The van der Waals surface area contributed by atoms with Gasteiger partial charge in [0.15, 0.2) is 0 Å². The van der Waals surface area contributed by atoms with Gasteiger partial charge in [-0.25, -0.2) is 4.79 Å². The number of aromatic carboxylic acids is 1. The van der Waals surface area contributed by atoms with Crippen LogP contribution in [0.2, 0.25) is 0 Å². The highest BCUT2D eigenvalue weighted by Crippen LogP contribution is 2.31. The molecule has 2 aromatic rings. The van der Waals surface area contributed by atoms with Crippen LogP contribution in [0.15, 0.2) is 23.0 Å². The summed E-state index contributed by atoms with van der Waals surface area (Å²) in [6, 6.07) is 1.47. The molecule has 1 aliphatic rings. The highest BCUT2D eigenvalue weighted by Gasteiger charge is 2.23. The molecule has 3 rings (SSSR count). The van der Waals surface area contributed by atoms with Gasteiger partial charge < -0.3 is 14.4 Å². The predicted octanol–water partition coefficient (Wildman–Crippen LogP) is 4.64. The van der Waals surface area contributed by atoms with E-state index in [-0.39, 0.29) is 17.3 Å². The average Bonchev–Trinajstić information content (AvgIpc) is 3.18. The minimum absolute atomic E-state index is 0.0663. The Hall–Kier alpha value is -2.57. The summed E-state index contributed by atoms with van der Waals surface area (Å²) < 4.78 is 5.44. The standard InChI is InChI=1S/C21H27N3O4/c1-14(25)10-16(9-5-8-15-6-3-2-4-7-15)20-23-19(24-28-20)17-11-18(21(26)27)13-22-12-17/h11-13,15-16H,2-10H2,1H3,(H,26,27). The van der Waals surface area contributed by atoms with E-state index in [1.807, 2.05) is 0 Å². The van der Waals surface area contributed by atoms with Gasteiger partial charge in [-0.2, -0.15) is 4.98 Å². The fourth-order valence-electron chi connectivity index (χ4n) is 3.99. The lowest BCUT2D eigenvalue weighted by atomic mass is 9.84. The van der Waals surface area contributed by atoms with E-state index in [1.165, 1.54) is 57.0 Å². The van der Waals surface area contributed by atoms with Crippen LogP contribution in [0, 0.1) is 5.92 Å². The summed E-state index contributed by atoms with van der Waals surface area (Å²) in [4.78, 5) is 31.2. The first kappa shape index (κ1) is 20.2. The molecule has 7 nitrogen and oxygen atoms in total. The Morgan fingerprint density at radius 3 is 2.75 bits per heavy atom. The van der Waals surface area contributed by atoms with Crippen LogP contribution in [0.1, 0.15) is 86.9 Å². The number of rotatable bonds is 9. The molecule has 0 bridgehead atoms. The van der Waals surface area contributed by atoms with Crippen LogP contribution in [0.4, 0.5) is 0 Å². The lowest BCUT2D eigenvalue weighted by molar-refractivity contribution is -0.117. The fraction of sp³-hybridized carbons (Fsp3) is 0.571. The molecule has 1 N–H and O–H groups in total. The lowest BCUT2D eigenvalue weighted by Gasteiger charge is -2.22. The van der Waals surface area contributed by atoms with Crippen LogP contribution in [0.3, 0.4) is 0 Å². The second-order valence-corrected chi connectivity index (χ2v) is 7.76. The molecule has 28 heavy (non-hydrogen) atoms. The second kappa shape index (κ2) is 9.57. The molecule has 2 heterocycles. The minimum atomic E-state index is -1.06. The Kier molecular flexibility index (Phi) is 6.90. The Morgan fingerprint density at radius 1 is 1.25 bits per heavy atom. The van der Waals surface area contributed by atoms with Crippen LogP contribution < -0.4 is 0 Å². The molecule has 1 atom stereocenters. The molecular weight excluding hydrogens is 358 g/mol. The maximum Gasteiger partial charge on any atom is 0.337 e. The molecule has 0 aliphatic heterocycles. The molecule has 7 heteroatoms. The number of pyridine rings is 1. The van der Waals surface area contributed by atoms with Crippen LogP contribution in [0.5, 0.6) is 0 Å². The maximum atomic E-state index is 11.7. The number of carboxylic acid groups (broad SMARTS) is 1. The van der Waals surface area contributed by atoms with Crippen molar-refractivity contribution in [2.75, 3.05) is 0 Å². The zero-order valence-corrected chi connectivity index (χ0v) is 16.3. The summed E-state index contributed by atoms with van der Waals surface area (Å²) in [5, 5.41) is 13.1. The first-order valence-electron chi connectivity index (χ1n) is 10.0. The summed E-state index contributed by atoms with van der Waals surface area (Å²) in [6.45, 7) is 1.58. The van der Waals surface area contributed by atoms with Crippen molar-refractivity contribution >= 4 is 11.8 Å². The number of hydrogen-bond acceptors (Lipinski definition) is 6. The second-order valence-electron chi connectivity index (χ2n) is 7.76. The SMILES string of the molecule is CC(=O)CC(CCCC1CCCCC1)c1nc(-c2cncc(C(=O)O)c2)no1. The van der Waals surface area contributed by atoms with Gasteiger partial charge in [0.1, 0.15) is 5.78 Å². The highest BCUT2D eigenvalue weighted by molar-refractivity contribution is 5.88. The summed E-state index contributed by atoms with van der Waals surface area (Å²) in [6.07, 6.45) is 12.9.